The van der Waals surface area contributed by atoms with Gasteiger partial charge in [-0.3, -0.25) is 9.69 Å². The highest BCUT2D eigenvalue weighted by atomic mass is 16.5. The number of nitrogens with zero attached hydrogens (tertiary/aromatic N) is 2. The number of ether oxygens (including phenoxy) is 2. The molecule has 1 aliphatic heterocycles. The van der Waals surface area contributed by atoms with E-state index < -0.39 is 0 Å². The van der Waals surface area contributed by atoms with Crippen molar-refractivity contribution < 1.29 is 14.3 Å². The molecule has 0 aliphatic carbocycles. The number of carbonyl (C=O) groups is 1. The zero-order valence-corrected chi connectivity index (χ0v) is 14.1. The molecule has 0 atom stereocenters. The minimum absolute atomic E-state index is 0.221. The quantitative estimate of drug-likeness (QED) is 0.814. The van der Waals surface area contributed by atoms with Gasteiger partial charge in [-0.05, 0) is 30.7 Å². The Kier molecular flexibility index (Phi) is 6.67. The maximum atomic E-state index is 12.0. The van der Waals surface area contributed by atoms with Crippen LogP contribution in [0.2, 0.25) is 0 Å². The predicted octanol–water partition coefficient (Wildman–Crippen LogP) is 1.09. The zero-order chi connectivity index (χ0) is 16.7. The van der Waals surface area contributed by atoms with Crippen LogP contribution in [0.25, 0.3) is 0 Å². The summed E-state index contributed by atoms with van der Waals surface area (Å²) in [4.78, 5) is 16.3. The minimum atomic E-state index is 0.221. The lowest BCUT2D eigenvalue weighted by molar-refractivity contribution is -0.133. The second-order valence-corrected chi connectivity index (χ2v) is 5.77. The van der Waals surface area contributed by atoms with E-state index in [4.69, 9.17) is 15.2 Å². The maximum Gasteiger partial charge on any atom is 0.222 e. The molecule has 1 aromatic rings. The van der Waals surface area contributed by atoms with Crippen LogP contribution < -0.4 is 15.2 Å². The van der Waals surface area contributed by atoms with E-state index in [1.54, 1.807) is 14.2 Å². The van der Waals surface area contributed by atoms with Gasteiger partial charge < -0.3 is 20.1 Å². The summed E-state index contributed by atoms with van der Waals surface area (Å²) in [5, 5.41) is 0. The lowest BCUT2D eigenvalue weighted by Gasteiger charge is -2.35. The molecule has 0 saturated carbocycles. The fourth-order valence-corrected chi connectivity index (χ4v) is 2.78. The number of amides is 1. The molecule has 0 aromatic heterocycles. The number of rotatable bonds is 7. The summed E-state index contributed by atoms with van der Waals surface area (Å²) in [6, 6.07) is 5.93. The van der Waals surface area contributed by atoms with Gasteiger partial charge >= 0.3 is 0 Å². The second kappa shape index (κ2) is 8.74. The number of carbonyl (C=O) groups excluding carboxylic acids is 1. The summed E-state index contributed by atoms with van der Waals surface area (Å²) >= 11 is 0. The molecular formula is C17H27N3O3. The fraction of sp³-hybridized carbons (Fsp3) is 0.588. The largest absolute Gasteiger partial charge is 0.497 e. The van der Waals surface area contributed by atoms with Crippen molar-refractivity contribution in [3.05, 3.63) is 23.8 Å². The van der Waals surface area contributed by atoms with E-state index in [9.17, 15) is 4.79 Å². The molecule has 1 saturated heterocycles. The summed E-state index contributed by atoms with van der Waals surface area (Å²) in [6.07, 6.45) is 1.33. The van der Waals surface area contributed by atoms with Crippen LogP contribution in [-0.2, 0) is 11.3 Å². The monoisotopic (exact) mass is 321 g/mol. The summed E-state index contributed by atoms with van der Waals surface area (Å²) in [5.41, 5.74) is 6.62. The molecule has 2 N–H and O–H groups in total. The van der Waals surface area contributed by atoms with Gasteiger partial charge in [-0.2, -0.15) is 0 Å². The molecule has 0 radical (unpaired) electrons. The van der Waals surface area contributed by atoms with Crippen molar-refractivity contribution >= 4 is 5.91 Å². The SMILES string of the molecule is COc1cc(CN2CCN(C(=O)CCCN)CC2)cc(OC)c1. The Labute approximate surface area is 138 Å². The van der Waals surface area contributed by atoms with Gasteiger partial charge in [-0.1, -0.05) is 0 Å². The lowest BCUT2D eigenvalue weighted by atomic mass is 10.1. The van der Waals surface area contributed by atoms with Gasteiger partial charge in [-0.15, -0.1) is 0 Å². The first-order chi connectivity index (χ1) is 11.2. The molecule has 1 aliphatic rings. The minimum Gasteiger partial charge on any atom is -0.497 e. The van der Waals surface area contributed by atoms with Gasteiger partial charge in [0.2, 0.25) is 5.91 Å². The van der Waals surface area contributed by atoms with Crippen LogP contribution in [0.1, 0.15) is 18.4 Å². The topological polar surface area (TPSA) is 68.0 Å². The average molecular weight is 321 g/mol. The van der Waals surface area contributed by atoms with Crippen LogP contribution in [0.5, 0.6) is 11.5 Å². The first kappa shape index (κ1) is 17.6. The van der Waals surface area contributed by atoms with Crippen molar-refractivity contribution in [2.24, 2.45) is 5.73 Å². The third-order valence-electron chi connectivity index (χ3n) is 4.14. The van der Waals surface area contributed by atoms with E-state index in [1.807, 2.05) is 23.1 Å². The molecule has 1 fully saturated rings. The van der Waals surface area contributed by atoms with E-state index >= 15 is 0 Å². The highest BCUT2D eigenvalue weighted by Crippen LogP contribution is 2.23. The fourth-order valence-electron chi connectivity index (χ4n) is 2.78. The van der Waals surface area contributed by atoms with Gasteiger partial charge in [0, 0.05) is 45.2 Å². The molecule has 1 heterocycles. The average Bonchev–Trinajstić information content (AvgIpc) is 2.59. The Morgan fingerprint density at radius 1 is 1.09 bits per heavy atom. The molecule has 0 bridgehead atoms. The molecule has 1 aromatic carbocycles. The first-order valence-electron chi connectivity index (χ1n) is 8.08. The van der Waals surface area contributed by atoms with Gasteiger partial charge in [-0.25, -0.2) is 0 Å². The van der Waals surface area contributed by atoms with Crippen molar-refractivity contribution in [2.75, 3.05) is 46.9 Å². The Morgan fingerprint density at radius 2 is 1.70 bits per heavy atom. The third kappa shape index (κ3) is 5.11. The number of hydrogen-bond donors (Lipinski definition) is 1. The number of benzene rings is 1. The summed E-state index contributed by atoms with van der Waals surface area (Å²) in [5.74, 6) is 1.82. The van der Waals surface area contributed by atoms with E-state index in [-0.39, 0.29) is 5.91 Å². The van der Waals surface area contributed by atoms with E-state index in [1.165, 1.54) is 0 Å². The van der Waals surface area contributed by atoms with Crippen LogP contribution in [0.15, 0.2) is 18.2 Å². The van der Waals surface area contributed by atoms with Gasteiger partial charge in [0.05, 0.1) is 14.2 Å². The van der Waals surface area contributed by atoms with Crippen LogP contribution in [0, 0.1) is 0 Å². The number of hydrogen-bond acceptors (Lipinski definition) is 5. The molecular weight excluding hydrogens is 294 g/mol. The summed E-state index contributed by atoms with van der Waals surface area (Å²) in [7, 11) is 3.31. The molecule has 6 heteroatoms. The first-order valence-corrected chi connectivity index (χ1v) is 8.08. The van der Waals surface area contributed by atoms with E-state index in [0.717, 1.165) is 56.2 Å². The molecule has 1 amide bonds. The molecule has 2 rings (SSSR count). The number of nitrogens with two attached hydrogens (primary N) is 1. The Hall–Kier alpha value is -1.79. The van der Waals surface area contributed by atoms with Crippen molar-refractivity contribution in [3.8, 4) is 11.5 Å². The molecule has 23 heavy (non-hydrogen) atoms. The van der Waals surface area contributed by atoms with Crippen molar-refractivity contribution in [1.82, 2.24) is 9.80 Å². The highest BCUT2D eigenvalue weighted by Gasteiger charge is 2.20. The van der Waals surface area contributed by atoms with Crippen molar-refractivity contribution in [2.45, 2.75) is 19.4 Å². The lowest BCUT2D eigenvalue weighted by Crippen LogP contribution is -2.48. The Bertz CT molecular complexity index is 492. The van der Waals surface area contributed by atoms with Gasteiger partial charge in [0.25, 0.3) is 0 Å². The van der Waals surface area contributed by atoms with Crippen LogP contribution in [0.4, 0.5) is 0 Å². The van der Waals surface area contributed by atoms with E-state index in [0.29, 0.717) is 13.0 Å². The Balaban J connectivity index is 1.88. The van der Waals surface area contributed by atoms with Crippen LogP contribution in [-0.4, -0.2) is 62.7 Å². The molecule has 128 valence electrons. The number of piperazine rings is 1. The molecule has 6 nitrogen and oxygen atoms in total. The van der Waals surface area contributed by atoms with Crippen LogP contribution in [0.3, 0.4) is 0 Å². The van der Waals surface area contributed by atoms with Crippen LogP contribution >= 0.6 is 0 Å². The van der Waals surface area contributed by atoms with E-state index in [2.05, 4.69) is 4.90 Å². The summed E-state index contributed by atoms with van der Waals surface area (Å²) < 4.78 is 10.6. The smallest absolute Gasteiger partial charge is 0.222 e. The Morgan fingerprint density at radius 3 is 2.22 bits per heavy atom. The van der Waals surface area contributed by atoms with Gasteiger partial charge in [0.15, 0.2) is 0 Å². The third-order valence-corrected chi connectivity index (χ3v) is 4.14. The molecule has 0 spiro atoms. The predicted molar refractivity (Wildman–Crippen MR) is 89.7 cm³/mol. The highest BCUT2D eigenvalue weighted by molar-refractivity contribution is 5.76. The maximum absolute atomic E-state index is 12.0. The van der Waals surface area contributed by atoms with Gasteiger partial charge in [0.1, 0.15) is 11.5 Å². The standard InChI is InChI=1S/C17H27N3O3/c1-22-15-10-14(11-16(12-15)23-2)13-19-6-8-20(9-7-19)17(21)4-3-5-18/h10-12H,3-9,13,18H2,1-2H3. The summed E-state index contributed by atoms with van der Waals surface area (Å²) in [6.45, 7) is 4.73. The second-order valence-electron chi connectivity index (χ2n) is 5.77. The zero-order valence-electron chi connectivity index (χ0n) is 14.1. The van der Waals surface area contributed by atoms with Crippen molar-refractivity contribution in [1.29, 1.82) is 0 Å². The number of methoxy groups -OCH3 is 2. The molecule has 0 unspecified atom stereocenters. The van der Waals surface area contributed by atoms with Crippen molar-refractivity contribution in [3.63, 3.8) is 0 Å². The normalized spacial score (nSPS) is 15.5.